The molecule has 140 valence electrons. The van der Waals surface area contributed by atoms with Crippen LogP contribution >= 0.6 is 0 Å². The number of likely N-dealkylation sites (tertiary alicyclic amines) is 1. The van der Waals surface area contributed by atoms with Crippen LogP contribution in [0.3, 0.4) is 0 Å². The van der Waals surface area contributed by atoms with Crippen molar-refractivity contribution in [1.29, 1.82) is 0 Å². The van der Waals surface area contributed by atoms with E-state index in [0.717, 1.165) is 11.3 Å². The van der Waals surface area contributed by atoms with Gasteiger partial charge in [-0.3, -0.25) is 19.3 Å². The molecule has 0 spiro atoms. The second-order valence-corrected chi connectivity index (χ2v) is 6.52. The Labute approximate surface area is 161 Å². The first-order valence-corrected chi connectivity index (χ1v) is 8.94. The van der Waals surface area contributed by atoms with Gasteiger partial charge in [-0.15, -0.1) is 0 Å². The van der Waals surface area contributed by atoms with E-state index in [1.54, 1.807) is 47.3 Å². The predicted octanol–water partition coefficient (Wildman–Crippen LogP) is 2.77. The fraction of sp³-hybridized carbons (Fsp3) is 0.143. The lowest BCUT2D eigenvalue weighted by molar-refractivity contribution is -0.139. The van der Waals surface area contributed by atoms with Crippen LogP contribution in [0.15, 0.2) is 67.0 Å². The number of anilines is 1. The molecule has 2 aromatic carbocycles. The van der Waals surface area contributed by atoms with E-state index in [1.807, 2.05) is 24.4 Å². The lowest BCUT2D eigenvalue weighted by atomic mass is 10.1. The van der Waals surface area contributed by atoms with Gasteiger partial charge in [0, 0.05) is 36.5 Å². The van der Waals surface area contributed by atoms with Crippen molar-refractivity contribution in [2.24, 2.45) is 0 Å². The highest BCUT2D eigenvalue weighted by Gasteiger charge is 2.28. The zero-order chi connectivity index (χ0) is 19.5. The summed E-state index contributed by atoms with van der Waals surface area (Å²) in [4.78, 5) is 37.1. The number of aromatic nitrogens is 2. The van der Waals surface area contributed by atoms with E-state index >= 15 is 0 Å². The van der Waals surface area contributed by atoms with Gasteiger partial charge in [-0.25, -0.2) is 4.68 Å². The molecule has 2 heterocycles. The van der Waals surface area contributed by atoms with Crippen molar-refractivity contribution in [2.75, 3.05) is 5.32 Å². The fourth-order valence-corrected chi connectivity index (χ4v) is 3.07. The molecule has 1 N–H and O–H groups in total. The Morgan fingerprint density at radius 2 is 1.64 bits per heavy atom. The molecule has 28 heavy (non-hydrogen) atoms. The summed E-state index contributed by atoms with van der Waals surface area (Å²) in [6.45, 7) is 0.265. The van der Waals surface area contributed by atoms with E-state index in [1.165, 1.54) is 4.90 Å². The van der Waals surface area contributed by atoms with Gasteiger partial charge in [0.25, 0.3) is 5.91 Å². The maximum Gasteiger partial charge on any atom is 0.255 e. The second kappa shape index (κ2) is 7.48. The van der Waals surface area contributed by atoms with Gasteiger partial charge in [-0.1, -0.05) is 12.1 Å². The lowest BCUT2D eigenvalue weighted by Gasteiger charge is -2.14. The highest BCUT2D eigenvalue weighted by Crippen LogP contribution is 2.18. The SMILES string of the molecule is O=C(Nc1ccc(CN2C(=O)CCC2=O)cc1)c1ccc(-n2cccn2)cc1. The Morgan fingerprint density at radius 1 is 0.964 bits per heavy atom. The molecule has 0 bridgehead atoms. The minimum Gasteiger partial charge on any atom is -0.322 e. The summed E-state index contributed by atoms with van der Waals surface area (Å²) in [5.41, 5.74) is 2.89. The normalized spacial score (nSPS) is 13.8. The number of carbonyl (C=O) groups is 3. The molecule has 0 unspecified atom stereocenters. The van der Waals surface area contributed by atoms with Crippen LogP contribution in [0.25, 0.3) is 5.69 Å². The zero-order valence-corrected chi connectivity index (χ0v) is 15.0. The molecule has 7 nitrogen and oxygen atoms in total. The topological polar surface area (TPSA) is 84.3 Å². The Bertz CT molecular complexity index is 993. The van der Waals surface area contributed by atoms with Crippen molar-refractivity contribution in [1.82, 2.24) is 14.7 Å². The molecule has 7 heteroatoms. The number of nitrogens with zero attached hydrogens (tertiary/aromatic N) is 3. The first-order chi connectivity index (χ1) is 13.6. The van der Waals surface area contributed by atoms with Gasteiger partial charge in [-0.05, 0) is 48.0 Å². The fourth-order valence-electron chi connectivity index (χ4n) is 3.07. The summed E-state index contributed by atoms with van der Waals surface area (Å²) in [7, 11) is 0. The standard InChI is InChI=1S/C21H18N4O3/c26-19-10-11-20(27)24(19)14-15-2-6-17(7-3-15)23-21(28)16-4-8-18(9-5-16)25-13-1-12-22-25/h1-9,12-13H,10-11,14H2,(H,23,28). The van der Waals surface area contributed by atoms with E-state index in [9.17, 15) is 14.4 Å². The summed E-state index contributed by atoms with van der Waals surface area (Å²) < 4.78 is 1.72. The van der Waals surface area contributed by atoms with Crippen molar-refractivity contribution in [3.63, 3.8) is 0 Å². The van der Waals surface area contributed by atoms with Crippen molar-refractivity contribution < 1.29 is 14.4 Å². The van der Waals surface area contributed by atoms with E-state index in [0.29, 0.717) is 11.3 Å². The van der Waals surface area contributed by atoms with Gasteiger partial charge >= 0.3 is 0 Å². The molecule has 0 atom stereocenters. The average molecular weight is 374 g/mol. The van der Waals surface area contributed by atoms with Gasteiger partial charge < -0.3 is 5.32 Å². The van der Waals surface area contributed by atoms with Crippen LogP contribution in [0.2, 0.25) is 0 Å². The first kappa shape index (κ1) is 17.7. The van der Waals surface area contributed by atoms with Gasteiger partial charge in [-0.2, -0.15) is 5.10 Å². The summed E-state index contributed by atoms with van der Waals surface area (Å²) in [5.74, 6) is -0.494. The third-order valence-corrected chi connectivity index (χ3v) is 4.61. The molecule has 1 aromatic heterocycles. The Hall–Kier alpha value is -3.74. The molecule has 1 aliphatic rings. The monoisotopic (exact) mass is 374 g/mol. The number of imide groups is 1. The Kier molecular flexibility index (Phi) is 4.72. The number of carbonyl (C=O) groups excluding carboxylic acids is 3. The van der Waals surface area contributed by atoms with Crippen molar-refractivity contribution in [3.05, 3.63) is 78.1 Å². The third kappa shape index (κ3) is 3.68. The number of rotatable bonds is 5. The number of nitrogens with one attached hydrogen (secondary N) is 1. The molecule has 3 aromatic rings. The molecule has 3 amide bonds. The molecular formula is C21H18N4O3. The molecule has 1 aliphatic heterocycles. The van der Waals surface area contributed by atoms with Crippen LogP contribution in [0.4, 0.5) is 5.69 Å². The minimum atomic E-state index is -0.218. The largest absolute Gasteiger partial charge is 0.322 e. The predicted molar refractivity (Wildman–Crippen MR) is 103 cm³/mol. The first-order valence-electron chi connectivity index (χ1n) is 8.94. The van der Waals surface area contributed by atoms with E-state index in [2.05, 4.69) is 10.4 Å². The number of hydrogen-bond acceptors (Lipinski definition) is 4. The molecule has 4 rings (SSSR count). The van der Waals surface area contributed by atoms with E-state index in [4.69, 9.17) is 0 Å². The zero-order valence-electron chi connectivity index (χ0n) is 15.0. The summed E-state index contributed by atoms with van der Waals surface area (Å²) in [5, 5.41) is 7.00. The highest BCUT2D eigenvalue weighted by molar-refractivity contribution is 6.04. The van der Waals surface area contributed by atoms with Gasteiger partial charge in [0.1, 0.15) is 0 Å². The molecule has 1 fully saturated rings. The third-order valence-electron chi connectivity index (χ3n) is 4.61. The van der Waals surface area contributed by atoms with Crippen LogP contribution in [0.5, 0.6) is 0 Å². The van der Waals surface area contributed by atoms with Gasteiger partial charge in [0.2, 0.25) is 11.8 Å². The maximum absolute atomic E-state index is 12.4. The lowest BCUT2D eigenvalue weighted by Crippen LogP contribution is -2.28. The van der Waals surface area contributed by atoms with Crippen LogP contribution in [0.1, 0.15) is 28.8 Å². The van der Waals surface area contributed by atoms with Crippen LogP contribution < -0.4 is 5.32 Å². The van der Waals surface area contributed by atoms with E-state index in [-0.39, 0.29) is 37.1 Å². The number of hydrogen-bond donors (Lipinski definition) is 1. The van der Waals surface area contributed by atoms with Crippen molar-refractivity contribution in [3.8, 4) is 5.69 Å². The van der Waals surface area contributed by atoms with Crippen LogP contribution in [-0.2, 0) is 16.1 Å². The smallest absolute Gasteiger partial charge is 0.255 e. The van der Waals surface area contributed by atoms with Crippen LogP contribution in [0, 0.1) is 0 Å². The van der Waals surface area contributed by atoms with Crippen molar-refractivity contribution >= 4 is 23.4 Å². The average Bonchev–Trinajstić information content (AvgIpc) is 3.36. The second-order valence-electron chi connectivity index (χ2n) is 6.52. The summed E-state index contributed by atoms with van der Waals surface area (Å²) >= 11 is 0. The van der Waals surface area contributed by atoms with E-state index < -0.39 is 0 Å². The number of amides is 3. The number of benzene rings is 2. The summed E-state index contributed by atoms with van der Waals surface area (Å²) in [6, 6.07) is 16.1. The molecule has 0 aliphatic carbocycles. The summed E-state index contributed by atoms with van der Waals surface area (Å²) in [6.07, 6.45) is 4.10. The molecular weight excluding hydrogens is 356 g/mol. The van der Waals surface area contributed by atoms with Gasteiger partial charge in [0.15, 0.2) is 0 Å². The van der Waals surface area contributed by atoms with Crippen molar-refractivity contribution in [2.45, 2.75) is 19.4 Å². The Balaban J connectivity index is 1.39. The Morgan fingerprint density at radius 3 is 2.25 bits per heavy atom. The molecule has 0 radical (unpaired) electrons. The minimum absolute atomic E-state index is 0.138. The molecule has 0 saturated carbocycles. The maximum atomic E-state index is 12.4. The highest BCUT2D eigenvalue weighted by atomic mass is 16.2. The van der Waals surface area contributed by atoms with Crippen LogP contribution in [-0.4, -0.2) is 32.4 Å². The van der Waals surface area contributed by atoms with Gasteiger partial charge in [0.05, 0.1) is 12.2 Å². The molecule has 1 saturated heterocycles. The quantitative estimate of drug-likeness (QED) is 0.696.